The Morgan fingerprint density at radius 3 is 2.62 bits per heavy atom. The number of hydrogen-bond donors (Lipinski definition) is 0. The number of benzene rings is 2. The first-order chi connectivity index (χ1) is 14.0. The molecule has 1 saturated heterocycles. The highest BCUT2D eigenvalue weighted by Crippen LogP contribution is 2.33. The van der Waals surface area contributed by atoms with Crippen molar-refractivity contribution in [2.45, 2.75) is 31.7 Å². The maximum absolute atomic E-state index is 13.8. The quantitative estimate of drug-likeness (QED) is 0.620. The Labute approximate surface area is 174 Å². The molecule has 0 bridgehead atoms. The predicted octanol–water partition coefficient (Wildman–Crippen LogP) is 3.61. The van der Waals surface area contributed by atoms with Crippen LogP contribution in [-0.2, 0) is 17.6 Å². The van der Waals surface area contributed by atoms with Crippen molar-refractivity contribution in [2.24, 2.45) is 0 Å². The Kier molecular flexibility index (Phi) is 5.88. The van der Waals surface area contributed by atoms with Crippen LogP contribution in [0.3, 0.4) is 0 Å². The van der Waals surface area contributed by atoms with Gasteiger partial charge in [-0.3, -0.25) is 0 Å². The van der Waals surface area contributed by atoms with Gasteiger partial charge in [-0.1, -0.05) is 41.9 Å². The average Bonchev–Trinajstić information content (AvgIpc) is 3.02. The van der Waals surface area contributed by atoms with E-state index in [1.807, 2.05) is 36.4 Å². The molecule has 0 radical (unpaired) electrons. The molecular formula is C23H23ClFN2O2-. The number of hydrogen-bond acceptors (Lipinski definition) is 3. The van der Waals surface area contributed by atoms with Crippen LogP contribution in [0, 0.1) is 5.82 Å². The van der Waals surface area contributed by atoms with Crippen LogP contribution in [-0.4, -0.2) is 35.1 Å². The molecule has 1 aliphatic rings. The third kappa shape index (κ3) is 4.46. The standard InChI is InChI=1S/C23H24ClFN2O2/c24-22-15-18-6-5-16(14-23(28)29)13-21(18)27(22)19-8-11-26(12-9-19)10-7-17-3-1-2-4-20(17)25/h1-6,13,15,19H,7-12,14H2,(H,28,29)/p-1. The van der Waals surface area contributed by atoms with E-state index in [2.05, 4.69) is 9.47 Å². The highest BCUT2D eigenvalue weighted by atomic mass is 35.5. The van der Waals surface area contributed by atoms with Crippen LogP contribution in [0.2, 0.25) is 5.15 Å². The van der Waals surface area contributed by atoms with Gasteiger partial charge in [0.15, 0.2) is 0 Å². The lowest BCUT2D eigenvalue weighted by Crippen LogP contribution is -2.36. The van der Waals surface area contributed by atoms with Crippen LogP contribution in [0.15, 0.2) is 48.5 Å². The molecule has 152 valence electrons. The molecule has 1 aliphatic heterocycles. The topological polar surface area (TPSA) is 48.3 Å². The zero-order chi connectivity index (χ0) is 20.4. The fourth-order valence-corrected chi connectivity index (χ4v) is 4.61. The molecule has 0 amide bonds. The van der Waals surface area contributed by atoms with Gasteiger partial charge in [0.2, 0.25) is 0 Å². The van der Waals surface area contributed by atoms with Gasteiger partial charge in [0.05, 0.1) is 0 Å². The van der Waals surface area contributed by atoms with E-state index in [9.17, 15) is 14.3 Å². The second kappa shape index (κ2) is 8.56. The molecule has 1 fully saturated rings. The number of carboxylic acid groups (broad SMARTS) is 1. The number of fused-ring (bicyclic) bond motifs is 1. The molecule has 0 saturated carbocycles. The number of halogens is 2. The molecule has 4 rings (SSSR count). The van der Waals surface area contributed by atoms with E-state index in [-0.39, 0.29) is 18.3 Å². The number of carboxylic acids is 1. The Balaban J connectivity index is 1.44. The van der Waals surface area contributed by atoms with Gasteiger partial charge >= 0.3 is 0 Å². The van der Waals surface area contributed by atoms with Crippen LogP contribution < -0.4 is 5.11 Å². The summed E-state index contributed by atoms with van der Waals surface area (Å²) in [5, 5.41) is 12.6. The summed E-state index contributed by atoms with van der Waals surface area (Å²) in [5.74, 6) is -1.22. The molecule has 4 nitrogen and oxygen atoms in total. The monoisotopic (exact) mass is 413 g/mol. The minimum atomic E-state index is -1.09. The van der Waals surface area contributed by atoms with Crippen molar-refractivity contribution in [3.05, 3.63) is 70.6 Å². The minimum Gasteiger partial charge on any atom is -0.550 e. The summed E-state index contributed by atoms with van der Waals surface area (Å²) in [7, 11) is 0. The smallest absolute Gasteiger partial charge is 0.126 e. The number of carbonyl (C=O) groups is 1. The van der Waals surface area contributed by atoms with E-state index in [0.717, 1.165) is 54.5 Å². The van der Waals surface area contributed by atoms with Gasteiger partial charge in [-0.2, -0.15) is 0 Å². The number of piperidine rings is 1. The Bertz CT molecular complexity index is 1020. The van der Waals surface area contributed by atoms with Crippen molar-refractivity contribution in [3.63, 3.8) is 0 Å². The van der Waals surface area contributed by atoms with Crippen molar-refractivity contribution in [1.82, 2.24) is 9.47 Å². The fraction of sp³-hybridized carbons (Fsp3) is 0.348. The molecule has 2 heterocycles. The van der Waals surface area contributed by atoms with E-state index in [4.69, 9.17) is 11.6 Å². The molecule has 6 heteroatoms. The predicted molar refractivity (Wildman–Crippen MR) is 110 cm³/mol. The molecule has 29 heavy (non-hydrogen) atoms. The summed E-state index contributed by atoms with van der Waals surface area (Å²) >= 11 is 6.53. The van der Waals surface area contributed by atoms with E-state index in [0.29, 0.717) is 11.6 Å². The molecule has 3 aromatic rings. The third-order valence-corrected chi connectivity index (χ3v) is 6.08. The first-order valence-electron chi connectivity index (χ1n) is 9.96. The summed E-state index contributed by atoms with van der Waals surface area (Å²) in [6, 6.07) is 14.8. The highest BCUT2D eigenvalue weighted by Gasteiger charge is 2.23. The summed E-state index contributed by atoms with van der Waals surface area (Å²) in [4.78, 5) is 13.3. The molecule has 0 aliphatic carbocycles. The SMILES string of the molecule is O=C([O-])Cc1ccc2cc(Cl)n(C3CCN(CCc4ccccc4F)CC3)c2c1. The van der Waals surface area contributed by atoms with E-state index in [1.54, 1.807) is 6.07 Å². The van der Waals surface area contributed by atoms with Gasteiger partial charge in [-0.15, -0.1) is 0 Å². The van der Waals surface area contributed by atoms with Gasteiger partial charge in [0, 0.05) is 49.0 Å². The number of aromatic nitrogens is 1. The first kappa shape index (κ1) is 19.9. The van der Waals surface area contributed by atoms with Crippen LogP contribution in [0.4, 0.5) is 4.39 Å². The summed E-state index contributed by atoms with van der Waals surface area (Å²) < 4.78 is 15.9. The van der Waals surface area contributed by atoms with Crippen LogP contribution in [0.5, 0.6) is 0 Å². The van der Waals surface area contributed by atoms with Gasteiger partial charge in [0.25, 0.3) is 0 Å². The van der Waals surface area contributed by atoms with Crippen molar-refractivity contribution < 1.29 is 14.3 Å². The van der Waals surface area contributed by atoms with E-state index in [1.165, 1.54) is 6.07 Å². The van der Waals surface area contributed by atoms with Gasteiger partial charge < -0.3 is 19.4 Å². The van der Waals surface area contributed by atoms with Gasteiger partial charge in [-0.25, -0.2) is 4.39 Å². The van der Waals surface area contributed by atoms with Gasteiger partial charge in [0.1, 0.15) is 11.0 Å². The maximum Gasteiger partial charge on any atom is 0.126 e. The summed E-state index contributed by atoms with van der Waals surface area (Å²) in [6.07, 6.45) is 2.50. The molecule has 2 aromatic carbocycles. The molecule has 0 atom stereocenters. The number of rotatable bonds is 6. The molecule has 1 aromatic heterocycles. The van der Waals surface area contributed by atoms with Crippen molar-refractivity contribution >= 4 is 28.5 Å². The molecule has 0 unspecified atom stereocenters. The summed E-state index contributed by atoms with van der Waals surface area (Å²) in [6.45, 7) is 2.69. The second-order valence-electron chi connectivity index (χ2n) is 7.69. The Morgan fingerprint density at radius 2 is 1.90 bits per heavy atom. The fourth-order valence-electron chi connectivity index (χ4n) is 4.26. The molecule has 0 N–H and O–H groups in total. The van der Waals surface area contributed by atoms with Crippen LogP contribution in [0.25, 0.3) is 10.9 Å². The van der Waals surface area contributed by atoms with E-state index >= 15 is 0 Å². The Morgan fingerprint density at radius 1 is 1.14 bits per heavy atom. The average molecular weight is 414 g/mol. The van der Waals surface area contributed by atoms with Crippen LogP contribution in [0.1, 0.15) is 30.0 Å². The first-order valence-corrected chi connectivity index (χ1v) is 10.3. The Hall–Kier alpha value is -2.37. The zero-order valence-corrected chi connectivity index (χ0v) is 16.9. The van der Waals surface area contributed by atoms with E-state index < -0.39 is 5.97 Å². The van der Waals surface area contributed by atoms with Crippen LogP contribution >= 0.6 is 11.6 Å². The third-order valence-electron chi connectivity index (χ3n) is 5.79. The van der Waals surface area contributed by atoms with Crippen molar-refractivity contribution in [3.8, 4) is 0 Å². The molecular weight excluding hydrogens is 391 g/mol. The van der Waals surface area contributed by atoms with Gasteiger partial charge in [-0.05, 0) is 48.6 Å². The number of carbonyl (C=O) groups excluding carboxylic acids is 1. The van der Waals surface area contributed by atoms with Crippen molar-refractivity contribution in [1.29, 1.82) is 0 Å². The normalized spacial score (nSPS) is 15.8. The summed E-state index contributed by atoms with van der Waals surface area (Å²) in [5.41, 5.74) is 2.45. The lowest BCUT2D eigenvalue weighted by atomic mass is 10.0. The number of likely N-dealkylation sites (tertiary alicyclic amines) is 1. The zero-order valence-electron chi connectivity index (χ0n) is 16.1. The minimum absolute atomic E-state index is 0.104. The lowest BCUT2D eigenvalue weighted by Gasteiger charge is -2.33. The maximum atomic E-state index is 13.8. The highest BCUT2D eigenvalue weighted by molar-refractivity contribution is 6.31. The number of aliphatic carboxylic acids is 1. The number of nitrogens with zero attached hydrogens (tertiary/aromatic N) is 2. The largest absolute Gasteiger partial charge is 0.550 e. The molecule has 0 spiro atoms. The lowest BCUT2D eigenvalue weighted by molar-refractivity contribution is -0.304. The second-order valence-corrected chi connectivity index (χ2v) is 8.08. The van der Waals surface area contributed by atoms with Crippen molar-refractivity contribution in [2.75, 3.05) is 19.6 Å².